The molecular weight excluding hydrogens is 439 g/mol. The van der Waals surface area contributed by atoms with E-state index in [1.165, 1.54) is 18.4 Å². The molecule has 2 aromatic rings. The largest absolute Gasteiger partial charge is 0.353 e. The standard InChI is InChI=1S/C24H28Cl2N2O.ClH/c1-17(29)24(16-27-12-6-7-13-27)20-9-5-4-8-19(20)23(2,3)15-28(24)18-10-11-21(25)22(26)14-18;/h4-5,8-11,14H,6-7,12-13,15-16H2,1-3H3;1H. The van der Waals surface area contributed by atoms with Gasteiger partial charge in [-0.2, -0.15) is 0 Å². The molecule has 1 unspecified atom stereocenters. The van der Waals surface area contributed by atoms with E-state index in [0.29, 0.717) is 16.6 Å². The van der Waals surface area contributed by atoms with E-state index in [0.717, 1.165) is 30.9 Å². The molecule has 2 aliphatic rings. The van der Waals surface area contributed by atoms with Crippen LogP contribution in [-0.4, -0.2) is 36.9 Å². The van der Waals surface area contributed by atoms with Gasteiger partial charge in [-0.3, -0.25) is 4.79 Å². The van der Waals surface area contributed by atoms with Crippen LogP contribution in [0.4, 0.5) is 5.69 Å². The summed E-state index contributed by atoms with van der Waals surface area (Å²) < 4.78 is 0. The van der Waals surface area contributed by atoms with E-state index < -0.39 is 5.54 Å². The van der Waals surface area contributed by atoms with Gasteiger partial charge in [-0.25, -0.2) is 0 Å². The number of benzene rings is 2. The number of carbonyl (C=O) groups excluding carboxylic acids is 1. The predicted octanol–water partition coefficient (Wildman–Crippen LogP) is 6.09. The average Bonchev–Trinajstić information content (AvgIpc) is 3.19. The van der Waals surface area contributed by atoms with Gasteiger partial charge in [0, 0.05) is 24.2 Å². The Morgan fingerprint density at radius 3 is 2.23 bits per heavy atom. The highest BCUT2D eigenvalue weighted by molar-refractivity contribution is 6.42. The van der Waals surface area contributed by atoms with Crippen LogP contribution in [0.15, 0.2) is 42.5 Å². The number of ketones is 1. The molecule has 0 bridgehead atoms. The highest BCUT2D eigenvalue weighted by atomic mass is 35.5. The molecule has 2 aromatic carbocycles. The maximum absolute atomic E-state index is 13.5. The minimum atomic E-state index is -0.742. The minimum absolute atomic E-state index is 0. The molecule has 30 heavy (non-hydrogen) atoms. The second-order valence-corrected chi connectivity index (χ2v) is 9.83. The summed E-state index contributed by atoms with van der Waals surface area (Å²) in [5, 5.41) is 1.04. The Balaban J connectivity index is 0.00000256. The number of rotatable bonds is 4. The van der Waals surface area contributed by atoms with Crippen molar-refractivity contribution in [2.24, 2.45) is 0 Å². The molecule has 162 valence electrons. The van der Waals surface area contributed by atoms with Crippen LogP contribution < -0.4 is 4.90 Å². The molecule has 1 atom stereocenters. The first-order chi connectivity index (χ1) is 13.8. The lowest BCUT2D eigenvalue weighted by atomic mass is 9.68. The number of Topliss-reactive ketones (excluding diaryl/α,β-unsaturated/α-hetero) is 1. The van der Waals surface area contributed by atoms with E-state index in [1.54, 1.807) is 6.92 Å². The lowest BCUT2D eigenvalue weighted by Gasteiger charge is -2.54. The third-order valence-corrected chi connectivity index (χ3v) is 7.30. The van der Waals surface area contributed by atoms with Crippen LogP contribution in [-0.2, 0) is 15.7 Å². The fraction of sp³-hybridized carbons (Fsp3) is 0.458. The summed E-state index contributed by atoms with van der Waals surface area (Å²) >= 11 is 12.6. The number of halogens is 3. The van der Waals surface area contributed by atoms with E-state index in [9.17, 15) is 4.79 Å². The van der Waals surface area contributed by atoms with Crippen molar-refractivity contribution in [3.05, 3.63) is 63.6 Å². The van der Waals surface area contributed by atoms with E-state index in [-0.39, 0.29) is 23.6 Å². The fourth-order valence-corrected chi connectivity index (χ4v) is 5.38. The number of carbonyl (C=O) groups is 1. The Morgan fingerprint density at radius 2 is 1.63 bits per heavy atom. The number of fused-ring (bicyclic) bond motifs is 1. The number of likely N-dealkylation sites (tertiary alicyclic amines) is 1. The molecule has 0 aliphatic carbocycles. The van der Waals surface area contributed by atoms with E-state index in [4.69, 9.17) is 23.2 Å². The van der Waals surface area contributed by atoms with Gasteiger partial charge in [-0.15, -0.1) is 12.4 Å². The molecule has 0 spiro atoms. The molecule has 1 saturated heterocycles. The molecular formula is C24H29Cl3N2O. The number of hydrogen-bond acceptors (Lipinski definition) is 3. The molecule has 0 amide bonds. The zero-order valence-corrected chi connectivity index (χ0v) is 20.1. The number of hydrogen-bond donors (Lipinski definition) is 0. The van der Waals surface area contributed by atoms with Crippen molar-refractivity contribution >= 4 is 47.1 Å². The number of nitrogens with zero attached hydrogens (tertiary/aromatic N) is 2. The second kappa shape index (κ2) is 8.70. The molecule has 1 fully saturated rings. The Labute approximate surface area is 195 Å². The van der Waals surface area contributed by atoms with Crippen molar-refractivity contribution in [1.82, 2.24) is 4.90 Å². The highest BCUT2D eigenvalue weighted by Gasteiger charge is 2.52. The molecule has 2 aliphatic heterocycles. The third kappa shape index (κ3) is 3.86. The van der Waals surface area contributed by atoms with Crippen LogP contribution in [0.1, 0.15) is 44.7 Å². The van der Waals surface area contributed by atoms with Gasteiger partial charge in [0.25, 0.3) is 0 Å². The monoisotopic (exact) mass is 466 g/mol. The van der Waals surface area contributed by atoms with Crippen LogP contribution in [0.2, 0.25) is 10.0 Å². The summed E-state index contributed by atoms with van der Waals surface area (Å²) in [6, 6.07) is 14.2. The minimum Gasteiger partial charge on any atom is -0.353 e. The summed E-state index contributed by atoms with van der Waals surface area (Å²) in [7, 11) is 0. The van der Waals surface area contributed by atoms with Crippen molar-refractivity contribution in [1.29, 1.82) is 0 Å². The molecule has 0 N–H and O–H groups in total. The van der Waals surface area contributed by atoms with E-state index >= 15 is 0 Å². The second-order valence-electron chi connectivity index (χ2n) is 9.01. The zero-order chi connectivity index (χ0) is 20.8. The molecule has 4 rings (SSSR count). The average molecular weight is 468 g/mol. The summed E-state index contributed by atoms with van der Waals surface area (Å²) in [6.07, 6.45) is 2.38. The molecule has 3 nitrogen and oxygen atoms in total. The van der Waals surface area contributed by atoms with Gasteiger partial charge in [0.1, 0.15) is 5.54 Å². The summed E-state index contributed by atoms with van der Waals surface area (Å²) in [6.45, 7) is 9.72. The quantitative estimate of drug-likeness (QED) is 0.543. The Bertz CT molecular complexity index is 940. The zero-order valence-electron chi connectivity index (χ0n) is 17.8. The normalized spacial score (nSPS) is 23.0. The molecule has 0 aromatic heterocycles. The van der Waals surface area contributed by atoms with Gasteiger partial charge < -0.3 is 9.80 Å². The van der Waals surface area contributed by atoms with Gasteiger partial charge >= 0.3 is 0 Å². The van der Waals surface area contributed by atoms with Crippen LogP contribution in [0, 0.1) is 0 Å². The van der Waals surface area contributed by atoms with Crippen molar-refractivity contribution in [3.8, 4) is 0 Å². The Hall–Kier alpha value is -1.26. The number of anilines is 1. The van der Waals surface area contributed by atoms with Crippen LogP contribution in [0.5, 0.6) is 0 Å². The Morgan fingerprint density at radius 1 is 1.00 bits per heavy atom. The summed E-state index contributed by atoms with van der Waals surface area (Å²) in [4.78, 5) is 18.2. The van der Waals surface area contributed by atoms with Gasteiger partial charge in [-0.1, -0.05) is 61.3 Å². The van der Waals surface area contributed by atoms with Crippen molar-refractivity contribution < 1.29 is 4.79 Å². The maximum Gasteiger partial charge on any atom is 0.161 e. The lowest BCUT2D eigenvalue weighted by molar-refractivity contribution is -0.123. The van der Waals surface area contributed by atoms with E-state index in [1.807, 2.05) is 18.2 Å². The predicted molar refractivity (Wildman–Crippen MR) is 129 cm³/mol. The van der Waals surface area contributed by atoms with Crippen LogP contribution in [0.25, 0.3) is 0 Å². The van der Waals surface area contributed by atoms with Crippen LogP contribution >= 0.6 is 35.6 Å². The summed E-state index contributed by atoms with van der Waals surface area (Å²) in [5.74, 6) is 0.165. The van der Waals surface area contributed by atoms with Gasteiger partial charge in [0.2, 0.25) is 0 Å². The molecule has 0 saturated carbocycles. The first-order valence-electron chi connectivity index (χ1n) is 10.3. The van der Waals surface area contributed by atoms with Crippen molar-refractivity contribution in [2.75, 3.05) is 31.1 Å². The fourth-order valence-electron chi connectivity index (χ4n) is 5.09. The van der Waals surface area contributed by atoms with Gasteiger partial charge in [-0.05, 0) is 62.2 Å². The Kier molecular flexibility index (Phi) is 6.79. The molecule has 6 heteroatoms. The third-order valence-electron chi connectivity index (χ3n) is 6.56. The SMILES string of the molecule is CC(=O)C1(CN2CCCC2)c2ccccc2C(C)(C)CN1c1ccc(Cl)c(Cl)c1.Cl. The first-order valence-corrected chi connectivity index (χ1v) is 11.1. The topological polar surface area (TPSA) is 23.6 Å². The lowest BCUT2D eigenvalue weighted by Crippen LogP contribution is -2.63. The maximum atomic E-state index is 13.5. The van der Waals surface area contributed by atoms with Crippen LogP contribution in [0.3, 0.4) is 0 Å². The van der Waals surface area contributed by atoms with E-state index in [2.05, 4.69) is 47.9 Å². The van der Waals surface area contributed by atoms with Gasteiger partial charge in [0.15, 0.2) is 5.78 Å². The molecule has 2 heterocycles. The smallest absolute Gasteiger partial charge is 0.161 e. The van der Waals surface area contributed by atoms with Gasteiger partial charge in [0.05, 0.1) is 10.0 Å². The van der Waals surface area contributed by atoms with Crippen molar-refractivity contribution in [2.45, 2.75) is 44.6 Å². The summed E-state index contributed by atoms with van der Waals surface area (Å²) in [5.41, 5.74) is 2.46. The first kappa shape index (κ1) is 23.4. The van der Waals surface area contributed by atoms with Crippen molar-refractivity contribution in [3.63, 3.8) is 0 Å². The molecule has 0 radical (unpaired) electrons. The highest BCUT2D eigenvalue weighted by Crippen LogP contribution is 2.47.